The summed E-state index contributed by atoms with van der Waals surface area (Å²) in [5.74, 6) is 0. The summed E-state index contributed by atoms with van der Waals surface area (Å²) < 4.78 is 0. The van der Waals surface area contributed by atoms with E-state index in [1.165, 1.54) is 17.3 Å². The number of rotatable bonds is 2. The quantitative estimate of drug-likeness (QED) is 0.358. The van der Waals surface area contributed by atoms with Gasteiger partial charge in [0.1, 0.15) is 5.15 Å². The maximum Gasteiger partial charge on any atom is 0.189 e. The summed E-state index contributed by atoms with van der Waals surface area (Å²) >= 11 is 7.79. The predicted molar refractivity (Wildman–Crippen MR) is 95.6 cm³/mol. The van der Waals surface area contributed by atoms with Crippen LogP contribution < -0.4 is 0 Å². The van der Waals surface area contributed by atoms with Crippen molar-refractivity contribution in [1.82, 2.24) is 15.0 Å². The molecular weight excluding hydrogens is 314 g/mol. The molecule has 0 unspecified atom stereocenters. The lowest BCUT2D eigenvalue weighted by molar-refractivity contribution is 0.992. The zero-order valence-corrected chi connectivity index (χ0v) is 14.7. The van der Waals surface area contributed by atoms with Crippen LogP contribution in [0.1, 0.15) is 19.4 Å². The molecule has 1 aromatic carbocycles. The highest BCUT2D eigenvalue weighted by Gasteiger charge is 2.09. The van der Waals surface area contributed by atoms with Gasteiger partial charge < -0.3 is 0 Å². The van der Waals surface area contributed by atoms with Gasteiger partial charge in [0.05, 0.1) is 0 Å². The van der Waals surface area contributed by atoms with Gasteiger partial charge in [0.15, 0.2) is 10.8 Å². The van der Waals surface area contributed by atoms with Gasteiger partial charge in [-0.25, -0.2) is 15.0 Å². The van der Waals surface area contributed by atoms with Crippen molar-refractivity contribution in [3.63, 3.8) is 0 Å². The van der Waals surface area contributed by atoms with Gasteiger partial charge in [-0.1, -0.05) is 67.0 Å². The molecule has 0 aliphatic heterocycles. The molecular formula is C17H18ClN3S. The zero-order chi connectivity index (χ0) is 16.1. The SMILES string of the molecule is CC.CSc1ncc2cc(-c3cccc(C)c3)c(Cl)nc2n1. The van der Waals surface area contributed by atoms with E-state index in [1.807, 2.05) is 38.3 Å². The molecule has 2 aromatic heterocycles. The Labute approximate surface area is 140 Å². The molecule has 0 atom stereocenters. The van der Waals surface area contributed by atoms with Crippen LogP contribution >= 0.6 is 23.4 Å². The van der Waals surface area contributed by atoms with Crippen LogP contribution in [0.3, 0.4) is 0 Å². The third-order valence-electron chi connectivity index (χ3n) is 3.01. The third kappa shape index (κ3) is 3.57. The lowest BCUT2D eigenvalue weighted by Crippen LogP contribution is -1.92. The number of hydrogen-bond donors (Lipinski definition) is 0. The molecule has 3 aromatic rings. The fourth-order valence-corrected chi connectivity index (χ4v) is 2.62. The number of nitrogens with zero attached hydrogens (tertiary/aromatic N) is 3. The molecule has 0 amide bonds. The molecule has 0 spiro atoms. The molecule has 22 heavy (non-hydrogen) atoms. The van der Waals surface area contributed by atoms with Crippen LogP contribution in [0.4, 0.5) is 0 Å². The first-order chi connectivity index (χ1) is 10.7. The Hall–Kier alpha value is -1.65. The first-order valence-electron chi connectivity index (χ1n) is 7.11. The molecule has 0 N–H and O–H groups in total. The molecule has 0 saturated heterocycles. The number of halogens is 1. The van der Waals surface area contributed by atoms with Crippen molar-refractivity contribution in [2.24, 2.45) is 0 Å². The summed E-state index contributed by atoms with van der Waals surface area (Å²) in [7, 11) is 0. The molecule has 0 radical (unpaired) electrons. The summed E-state index contributed by atoms with van der Waals surface area (Å²) in [5, 5.41) is 2.06. The van der Waals surface area contributed by atoms with E-state index in [9.17, 15) is 0 Å². The number of benzene rings is 1. The van der Waals surface area contributed by atoms with Gasteiger partial charge in [0.25, 0.3) is 0 Å². The average Bonchev–Trinajstić information content (AvgIpc) is 2.55. The standard InChI is InChI=1S/C15H12ClN3S.C2H6/c1-9-4-3-5-10(6-9)12-7-11-8-17-15(20-2)19-14(11)18-13(12)16;1-2/h3-8H,1-2H3;1-2H3. The minimum absolute atomic E-state index is 0.467. The van der Waals surface area contributed by atoms with E-state index in [1.54, 1.807) is 6.20 Å². The molecule has 0 aliphatic carbocycles. The molecule has 5 heteroatoms. The van der Waals surface area contributed by atoms with E-state index < -0.39 is 0 Å². The van der Waals surface area contributed by atoms with Gasteiger partial charge >= 0.3 is 0 Å². The van der Waals surface area contributed by atoms with Gasteiger partial charge in [0, 0.05) is 17.1 Å². The Morgan fingerprint density at radius 2 is 1.86 bits per heavy atom. The van der Waals surface area contributed by atoms with Gasteiger partial charge in [-0.05, 0) is 24.8 Å². The van der Waals surface area contributed by atoms with Crippen LogP contribution in [-0.2, 0) is 0 Å². The maximum absolute atomic E-state index is 6.31. The smallest absolute Gasteiger partial charge is 0.189 e. The minimum atomic E-state index is 0.467. The van der Waals surface area contributed by atoms with Gasteiger partial charge in [-0.2, -0.15) is 0 Å². The van der Waals surface area contributed by atoms with E-state index in [2.05, 4.69) is 34.0 Å². The van der Waals surface area contributed by atoms with Crippen molar-refractivity contribution >= 4 is 34.4 Å². The Kier molecular flexibility index (Phi) is 5.75. The van der Waals surface area contributed by atoms with E-state index in [4.69, 9.17) is 11.6 Å². The topological polar surface area (TPSA) is 38.7 Å². The highest BCUT2D eigenvalue weighted by molar-refractivity contribution is 7.98. The maximum atomic E-state index is 6.31. The highest BCUT2D eigenvalue weighted by atomic mass is 35.5. The van der Waals surface area contributed by atoms with Crippen LogP contribution in [0.5, 0.6) is 0 Å². The summed E-state index contributed by atoms with van der Waals surface area (Å²) in [6, 6.07) is 10.2. The largest absolute Gasteiger partial charge is 0.230 e. The normalized spacial score (nSPS) is 10.2. The molecule has 0 bridgehead atoms. The highest BCUT2D eigenvalue weighted by Crippen LogP contribution is 2.30. The van der Waals surface area contributed by atoms with Crippen LogP contribution in [0.15, 0.2) is 41.7 Å². The van der Waals surface area contributed by atoms with Gasteiger partial charge in [-0.15, -0.1) is 0 Å². The van der Waals surface area contributed by atoms with Crippen molar-refractivity contribution in [2.75, 3.05) is 6.26 Å². The van der Waals surface area contributed by atoms with Crippen molar-refractivity contribution < 1.29 is 0 Å². The lowest BCUT2D eigenvalue weighted by atomic mass is 10.0. The fraction of sp³-hybridized carbons (Fsp3) is 0.235. The lowest BCUT2D eigenvalue weighted by Gasteiger charge is -2.07. The van der Waals surface area contributed by atoms with Crippen molar-refractivity contribution in [2.45, 2.75) is 25.9 Å². The third-order valence-corrected chi connectivity index (χ3v) is 3.86. The van der Waals surface area contributed by atoms with Crippen molar-refractivity contribution in [3.05, 3.63) is 47.2 Å². The monoisotopic (exact) mass is 331 g/mol. The number of pyridine rings is 1. The number of aromatic nitrogens is 3. The first-order valence-corrected chi connectivity index (χ1v) is 8.72. The summed E-state index contributed by atoms with van der Waals surface area (Å²) in [6.45, 7) is 6.06. The molecule has 3 nitrogen and oxygen atoms in total. The number of thioether (sulfide) groups is 1. The second-order valence-corrected chi connectivity index (χ2v) is 5.60. The molecule has 114 valence electrons. The Morgan fingerprint density at radius 3 is 2.55 bits per heavy atom. The Bertz CT molecular complexity index is 790. The van der Waals surface area contributed by atoms with Crippen LogP contribution in [-0.4, -0.2) is 21.2 Å². The van der Waals surface area contributed by atoms with Gasteiger partial charge in [0.2, 0.25) is 0 Å². The first kappa shape index (κ1) is 16.7. The minimum Gasteiger partial charge on any atom is -0.230 e. The number of fused-ring (bicyclic) bond motifs is 1. The van der Waals surface area contributed by atoms with Crippen molar-refractivity contribution in [1.29, 1.82) is 0 Å². The van der Waals surface area contributed by atoms with E-state index in [0.29, 0.717) is 16.0 Å². The van der Waals surface area contributed by atoms with Crippen molar-refractivity contribution in [3.8, 4) is 11.1 Å². The summed E-state index contributed by atoms with van der Waals surface area (Å²) in [5.41, 5.74) is 3.78. The van der Waals surface area contributed by atoms with E-state index >= 15 is 0 Å². The average molecular weight is 332 g/mol. The zero-order valence-electron chi connectivity index (χ0n) is 13.1. The van der Waals surface area contributed by atoms with Crippen LogP contribution in [0.2, 0.25) is 5.15 Å². The molecule has 0 aliphatic rings. The predicted octanol–water partition coefficient (Wildman–Crippen LogP) is 5.40. The number of aryl methyl sites for hydroxylation is 1. The molecule has 0 fully saturated rings. The number of hydrogen-bond acceptors (Lipinski definition) is 4. The van der Waals surface area contributed by atoms with Gasteiger partial charge in [-0.3, -0.25) is 0 Å². The van der Waals surface area contributed by atoms with E-state index in [0.717, 1.165) is 16.5 Å². The Balaban J connectivity index is 0.000000847. The Morgan fingerprint density at radius 1 is 1.09 bits per heavy atom. The van der Waals surface area contributed by atoms with E-state index in [-0.39, 0.29) is 0 Å². The molecule has 3 rings (SSSR count). The van der Waals surface area contributed by atoms with Crippen LogP contribution in [0, 0.1) is 6.92 Å². The fourth-order valence-electron chi connectivity index (χ4n) is 2.04. The molecule has 2 heterocycles. The van der Waals surface area contributed by atoms with Crippen LogP contribution in [0.25, 0.3) is 22.2 Å². The second kappa shape index (κ2) is 7.56. The molecule has 0 saturated carbocycles. The summed E-state index contributed by atoms with van der Waals surface area (Å²) in [4.78, 5) is 13.0. The second-order valence-electron chi connectivity index (χ2n) is 4.47. The summed E-state index contributed by atoms with van der Waals surface area (Å²) in [6.07, 6.45) is 3.72.